The third-order valence-electron chi connectivity index (χ3n) is 4.21. The Bertz CT molecular complexity index is 1390. The third kappa shape index (κ3) is 4.44. The summed E-state index contributed by atoms with van der Waals surface area (Å²) in [6.45, 7) is 1.60. The number of nitrogens with one attached hydrogen (secondary N) is 3. The van der Waals surface area contributed by atoms with Gasteiger partial charge in [-0.15, -0.1) is 0 Å². The standard InChI is InChI=1S/C17H13N3O4S.C3H6O2/c21-11-3-1-2-10(8-11)20-25(23,24)12-4-5-15-14(9-12)13-6-7-18-16(13)17(22)19-15;1-2-3(4)5/h1-9,18,20-21H,(H,19,22);2H2,1H3,(H,4,5). The fourth-order valence-electron chi connectivity index (χ4n) is 2.77. The number of hydrogen-bond donors (Lipinski definition) is 5. The highest BCUT2D eigenvalue weighted by atomic mass is 32.2. The molecule has 10 heteroatoms. The number of phenols is 1. The van der Waals surface area contributed by atoms with E-state index in [1.165, 1.54) is 24.3 Å². The molecule has 156 valence electrons. The van der Waals surface area contributed by atoms with Crippen LogP contribution in [0.4, 0.5) is 5.69 Å². The number of anilines is 1. The van der Waals surface area contributed by atoms with Crippen LogP contribution in [0.1, 0.15) is 13.3 Å². The number of pyridine rings is 1. The second kappa shape index (κ2) is 8.29. The summed E-state index contributed by atoms with van der Waals surface area (Å²) in [6.07, 6.45) is 1.85. The number of rotatable bonds is 4. The van der Waals surface area contributed by atoms with Crippen molar-refractivity contribution in [2.75, 3.05) is 4.72 Å². The van der Waals surface area contributed by atoms with Gasteiger partial charge in [0.25, 0.3) is 15.6 Å². The van der Waals surface area contributed by atoms with E-state index in [4.69, 9.17) is 5.11 Å². The first-order valence-electron chi connectivity index (χ1n) is 8.88. The zero-order chi connectivity index (χ0) is 21.9. The maximum Gasteiger partial charge on any atom is 0.303 e. The number of aromatic hydroxyl groups is 1. The molecule has 9 nitrogen and oxygen atoms in total. The summed E-state index contributed by atoms with van der Waals surface area (Å²) in [7, 11) is -3.85. The second-order valence-corrected chi connectivity index (χ2v) is 8.01. The van der Waals surface area contributed by atoms with E-state index in [-0.39, 0.29) is 28.3 Å². The van der Waals surface area contributed by atoms with Crippen LogP contribution in [0.2, 0.25) is 0 Å². The van der Waals surface area contributed by atoms with Crippen LogP contribution < -0.4 is 10.3 Å². The van der Waals surface area contributed by atoms with Gasteiger partial charge in [-0.1, -0.05) is 13.0 Å². The van der Waals surface area contributed by atoms with Crippen molar-refractivity contribution >= 4 is 43.5 Å². The van der Waals surface area contributed by atoms with Gasteiger partial charge in [0, 0.05) is 35.0 Å². The third-order valence-corrected chi connectivity index (χ3v) is 5.59. The molecular weight excluding hydrogens is 410 g/mol. The summed E-state index contributed by atoms with van der Waals surface area (Å²) >= 11 is 0. The number of phenolic OH excluding ortho intramolecular Hbond substituents is 1. The van der Waals surface area contributed by atoms with Gasteiger partial charge in [-0.2, -0.15) is 0 Å². The van der Waals surface area contributed by atoms with E-state index < -0.39 is 16.0 Å². The minimum absolute atomic E-state index is 0.0367. The topological polar surface area (TPSA) is 152 Å². The number of carbonyl (C=O) groups is 1. The number of fused-ring (bicyclic) bond motifs is 3. The molecule has 2 aromatic heterocycles. The molecule has 4 aromatic rings. The zero-order valence-corrected chi connectivity index (χ0v) is 16.7. The highest BCUT2D eigenvalue weighted by Gasteiger charge is 2.16. The van der Waals surface area contributed by atoms with Gasteiger partial charge < -0.3 is 20.2 Å². The number of sulfonamides is 1. The number of aromatic nitrogens is 2. The average molecular weight is 429 g/mol. The summed E-state index contributed by atoms with van der Waals surface area (Å²) in [5.41, 5.74) is 0.936. The van der Waals surface area contributed by atoms with Crippen LogP contribution in [0, 0.1) is 0 Å². The van der Waals surface area contributed by atoms with Crippen molar-refractivity contribution in [3.63, 3.8) is 0 Å². The molecular formula is C20H19N3O6S. The molecule has 30 heavy (non-hydrogen) atoms. The molecule has 2 heterocycles. The van der Waals surface area contributed by atoms with Crippen LogP contribution in [-0.4, -0.2) is 34.6 Å². The smallest absolute Gasteiger partial charge is 0.303 e. The molecule has 2 aromatic carbocycles. The Balaban J connectivity index is 0.000000461. The highest BCUT2D eigenvalue weighted by Crippen LogP contribution is 2.25. The Morgan fingerprint density at radius 3 is 2.50 bits per heavy atom. The Labute approximate surface area is 171 Å². The Morgan fingerprint density at radius 1 is 1.10 bits per heavy atom. The van der Waals surface area contributed by atoms with Crippen molar-refractivity contribution in [2.45, 2.75) is 18.2 Å². The lowest BCUT2D eigenvalue weighted by molar-refractivity contribution is -0.136. The second-order valence-electron chi connectivity index (χ2n) is 6.33. The number of H-pyrrole nitrogens is 2. The molecule has 0 unspecified atom stereocenters. The fourth-order valence-corrected chi connectivity index (χ4v) is 3.85. The van der Waals surface area contributed by atoms with Crippen LogP contribution >= 0.6 is 0 Å². The Morgan fingerprint density at radius 2 is 1.83 bits per heavy atom. The van der Waals surface area contributed by atoms with Crippen molar-refractivity contribution < 1.29 is 23.4 Å². The average Bonchev–Trinajstić information content (AvgIpc) is 3.19. The van der Waals surface area contributed by atoms with Gasteiger partial charge in [-0.05, 0) is 36.4 Å². The van der Waals surface area contributed by atoms with E-state index in [1.54, 1.807) is 37.4 Å². The van der Waals surface area contributed by atoms with Crippen LogP contribution in [0.3, 0.4) is 0 Å². The van der Waals surface area contributed by atoms with Gasteiger partial charge in [-0.3, -0.25) is 14.3 Å². The van der Waals surface area contributed by atoms with Crippen molar-refractivity contribution in [3.8, 4) is 5.75 Å². The molecule has 0 bridgehead atoms. The predicted octanol–water partition coefficient (Wildman–Crippen LogP) is 3.00. The van der Waals surface area contributed by atoms with Crippen LogP contribution in [-0.2, 0) is 14.8 Å². The van der Waals surface area contributed by atoms with E-state index in [2.05, 4.69) is 14.7 Å². The number of benzene rings is 2. The van der Waals surface area contributed by atoms with Crippen molar-refractivity contribution in [1.29, 1.82) is 0 Å². The quantitative estimate of drug-likeness (QED) is 0.336. The molecule has 0 atom stereocenters. The maximum absolute atomic E-state index is 12.6. The summed E-state index contributed by atoms with van der Waals surface area (Å²) in [6, 6.07) is 12.1. The van der Waals surface area contributed by atoms with E-state index in [0.29, 0.717) is 21.8 Å². The van der Waals surface area contributed by atoms with E-state index in [0.717, 1.165) is 0 Å². The Hall–Kier alpha value is -3.79. The number of carboxylic acids is 1. The van der Waals surface area contributed by atoms with Crippen LogP contribution in [0.25, 0.3) is 21.8 Å². The minimum atomic E-state index is -3.85. The van der Waals surface area contributed by atoms with Crippen LogP contribution in [0.15, 0.2) is 64.4 Å². The molecule has 0 fully saturated rings. The molecule has 0 saturated heterocycles. The lowest BCUT2D eigenvalue weighted by Crippen LogP contribution is -2.13. The molecule has 5 N–H and O–H groups in total. The van der Waals surface area contributed by atoms with Gasteiger partial charge in [0.1, 0.15) is 11.3 Å². The normalized spacial score (nSPS) is 11.1. The van der Waals surface area contributed by atoms with Crippen molar-refractivity contribution in [2.24, 2.45) is 0 Å². The van der Waals surface area contributed by atoms with Gasteiger partial charge in [0.05, 0.1) is 10.6 Å². The van der Waals surface area contributed by atoms with Gasteiger partial charge in [0.2, 0.25) is 0 Å². The van der Waals surface area contributed by atoms with Gasteiger partial charge >= 0.3 is 5.97 Å². The molecule has 0 amide bonds. The fraction of sp³-hybridized carbons (Fsp3) is 0.100. The van der Waals surface area contributed by atoms with Gasteiger partial charge in [0.15, 0.2) is 0 Å². The zero-order valence-electron chi connectivity index (χ0n) is 15.8. The van der Waals surface area contributed by atoms with E-state index >= 15 is 0 Å². The van der Waals surface area contributed by atoms with Crippen molar-refractivity contribution in [1.82, 2.24) is 9.97 Å². The summed E-state index contributed by atoms with van der Waals surface area (Å²) in [5.74, 6) is -0.782. The lowest BCUT2D eigenvalue weighted by Gasteiger charge is -2.09. The number of aliphatic carboxylic acids is 1. The van der Waals surface area contributed by atoms with E-state index in [9.17, 15) is 23.1 Å². The predicted molar refractivity (Wildman–Crippen MR) is 113 cm³/mol. The maximum atomic E-state index is 12.6. The number of carboxylic acid groups (broad SMARTS) is 1. The first-order chi connectivity index (χ1) is 14.2. The molecule has 0 aliphatic rings. The summed E-state index contributed by atoms with van der Waals surface area (Å²) < 4.78 is 27.7. The van der Waals surface area contributed by atoms with Gasteiger partial charge in [-0.25, -0.2) is 8.42 Å². The Kier molecular flexibility index (Phi) is 5.79. The molecule has 0 aliphatic heterocycles. The molecule has 0 spiro atoms. The minimum Gasteiger partial charge on any atom is -0.508 e. The molecule has 0 saturated carbocycles. The van der Waals surface area contributed by atoms with E-state index in [1.807, 2.05) is 0 Å². The van der Waals surface area contributed by atoms with Crippen LogP contribution in [0.5, 0.6) is 5.75 Å². The number of hydrogen-bond acceptors (Lipinski definition) is 5. The molecule has 0 aliphatic carbocycles. The molecule has 0 radical (unpaired) electrons. The largest absolute Gasteiger partial charge is 0.508 e. The summed E-state index contributed by atoms with van der Waals surface area (Å²) in [5, 5.41) is 18.5. The highest BCUT2D eigenvalue weighted by molar-refractivity contribution is 7.92. The number of aromatic amines is 2. The van der Waals surface area contributed by atoms with Crippen molar-refractivity contribution in [3.05, 3.63) is 65.1 Å². The first kappa shape index (κ1) is 20.9. The molecule has 4 rings (SSSR count). The first-order valence-corrected chi connectivity index (χ1v) is 10.4. The lowest BCUT2D eigenvalue weighted by atomic mass is 10.1. The monoisotopic (exact) mass is 429 g/mol. The SMILES string of the molecule is CCC(=O)O.O=c1[nH]c2ccc(S(=O)(=O)Nc3cccc(O)c3)cc2c2cc[nH]c12. The summed E-state index contributed by atoms with van der Waals surface area (Å²) in [4.78, 5) is 27.0.